The number of rotatable bonds is 6. The Morgan fingerprint density at radius 1 is 1.16 bits per heavy atom. The molecule has 1 saturated carbocycles. The second-order valence-electron chi connectivity index (χ2n) is 7.65. The highest BCUT2D eigenvalue weighted by Gasteiger charge is 2.43. The first-order valence-corrected chi connectivity index (χ1v) is 13.5. The molecule has 170 valence electrons. The Labute approximate surface area is 194 Å². The molecule has 0 radical (unpaired) electrons. The summed E-state index contributed by atoms with van der Waals surface area (Å²) in [6.45, 7) is 0. The van der Waals surface area contributed by atoms with Crippen molar-refractivity contribution in [3.05, 3.63) is 47.6 Å². The topological polar surface area (TPSA) is 95.9 Å². The molecule has 2 aliphatic rings. The molecular formula is C21H22FN3O4S3. The van der Waals surface area contributed by atoms with E-state index in [1.807, 2.05) is 0 Å². The van der Waals surface area contributed by atoms with Crippen LogP contribution in [0.25, 0.3) is 0 Å². The Morgan fingerprint density at radius 2 is 1.88 bits per heavy atom. The van der Waals surface area contributed by atoms with Crippen molar-refractivity contribution in [3.8, 4) is 0 Å². The number of nitrogens with zero attached hydrogens (tertiary/aromatic N) is 2. The molecule has 1 aromatic heterocycles. The SMILES string of the molecule is O=C(CC1SC(=NS(=O)(=O)c2cccs2)N(C2CCCCC2)C1=O)Nc1ccc(F)cc1. The van der Waals surface area contributed by atoms with Crippen LogP contribution < -0.4 is 5.32 Å². The fraction of sp³-hybridized carbons (Fsp3) is 0.381. The second kappa shape index (κ2) is 9.72. The fourth-order valence-electron chi connectivity index (χ4n) is 3.83. The van der Waals surface area contributed by atoms with Gasteiger partial charge in [-0.05, 0) is 48.6 Å². The van der Waals surface area contributed by atoms with E-state index >= 15 is 0 Å². The molecule has 1 aliphatic carbocycles. The van der Waals surface area contributed by atoms with Gasteiger partial charge in [-0.25, -0.2) is 4.39 Å². The average molecular weight is 496 g/mol. The largest absolute Gasteiger partial charge is 0.326 e. The molecule has 32 heavy (non-hydrogen) atoms. The van der Waals surface area contributed by atoms with Crippen molar-refractivity contribution >= 4 is 55.8 Å². The molecule has 2 aromatic rings. The predicted molar refractivity (Wildman–Crippen MR) is 124 cm³/mol. The summed E-state index contributed by atoms with van der Waals surface area (Å²) in [5.74, 6) is -1.12. The average Bonchev–Trinajstić information content (AvgIpc) is 3.40. The van der Waals surface area contributed by atoms with Gasteiger partial charge in [0.2, 0.25) is 11.8 Å². The number of sulfonamides is 1. The number of carbonyl (C=O) groups excluding carboxylic acids is 2. The molecular weight excluding hydrogens is 473 g/mol. The van der Waals surface area contributed by atoms with E-state index < -0.39 is 27.0 Å². The number of amidine groups is 1. The first-order valence-electron chi connectivity index (χ1n) is 10.3. The third-order valence-corrected chi connectivity index (χ3v) is 9.26. The monoisotopic (exact) mass is 495 g/mol. The molecule has 1 aromatic carbocycles. The van der Waals surface area contributed by atoms with Crippen LogP contribution in [0.15, 0.2) is 50.4 Å². The predicted octanol–water partition coefficient (Wildman–Crippen LogP) is 4.24. The summed E-state index contributed by atoms with van der Waals surface area (Å²) in [4.78, 5) is 27.2. The number of anilines is 1. The highest BCUT2D eigenvalue weighted by Crippen LogP contribution is 2.36. The van der Waals surface area contributed by atoms with Gasteiger partial charge in [0.1, 0.15) is 15.3 Å². The third kappa shape index (κ3) is 5.21. The number of hydrogen-bond donors (Lipinski definition) is 1. The van der Waals surface area contributed by atoms with E-state index in [-0.39, 0.29) is 27.7 Å². The van der Waals surface area contributed by atoms with E-state index in [4.69, 9.17) is 0 Å². The first kappa shape index (κ1) is 22.9. The highest BCUT2D eigenvalue weighted by atomic mass is 32.2. The van der Waals surface area contributed by atoms with Crippen LogP contribution in [0.4, 0.5) is 10.1 Å². The molecule has 1 unspecified atom stereocenters. The summed E-state index contributed by atoms with van der Waals surface area (Å²) < 4.78 is 42.7. The minimum atomic E-state index is -3.94. The lowest BCUT2D eigenvalue weighted by atomic mass is 9.94. The van der Waals surface area contributed by atoms with Gasteiger partial charge in [0.05, 0.1) is 0 Å². The van der Waals surface area contributed by atoms with Crippen molar-refractivity contribution in [2.45, 2.75) is 54.0 Å². The molecule has 1 N–H and O–H groups in total. The minimum absolute atomic E-state index is 0.110. The standard InChI is InChI=1S/C21H22FN3O4S3/c22-14-8-10-15(11-9-14)23-18(26)13-17-20(27)25(16-5-2-1-3-6-16)21(31-17)24-32(28,29)19-7-4-12-30-19/h4,7-12,16-17H,1-3,5-6,13H2,(H,23,26). The zero-order valence-corrected chi connectivity index (χ0v) is 19.5. The molecule has 11 heteroatoms. The number of benzene rings is 1. The third-order valence-electron chi connectivity index (χ3n) is 5.35. The highest BCUT2D eigenvalue weighted by molar-refractivity contribution is 8.16. The van der Waals surface area contributed by atoms with Gasteiger partial charge in [0.15, 0.2) is 5.17 Å². The van der Waals surface area contributed by atoms with E-state index in [0.717, 1.165) is 55.2 Å². The van der Waals surface area contributed by atoms with Gasteiger partial charge in [-0.3, -0.25) is 14.5 Å². The number of carbonyl (C=O) groups is 2. The van der Waals surface area contributed by atoms with Gasteiger partial charge < -0.3 is 5.32 Å². The normalized spacial score (nSPS) is 21.3. The van der Waals surface area contributed by atoms with Crippen molar-refractivity contribution < 1.29 is 22.4 Å². The minimum Gasteiger partial charge on any atom is -0.326 e. The molecule has 1 atom stereocenters. The lowest BCUT2D eigenvalue weighted by Crippen LogP contribution is -2.42. The summed E-state index contributed by atoms with van der Waals surface area (Å²) in [5, 5.41) is 3.67. The molecule has 2 amide bonds. The van der Waals surface area contributed by atoms with Crippen LogP contribution in [0, 0.1) is 5.82 Å². The smallest absolute Gasteiger partial charge is 0.294 e. The zero-order chi connectivity index (χ0) is 22.7. The summed E-state index contributed by atoms with van der Waals surface area (Å²) in [6, 6.07) is 8.32. The van der Waals surface area contributed by atoms with E-state index in [2.05, 4.69) is 9.71 Å². The molecule has 1 saturated heterocycles. The van der Waals surface area contributed by atoms with Crippen LogP contribution in [-0.2, 0) is 19.6 Å². The van der Waals surface area contributed by atoms with Gasteiger partial charge >= 0.3 is 0 Å². The van der Waals surface area contributed by atoms with Gasteiger partial charge in [-0.2, -0.15) is 8.42 Å². The maximum atomic E-state index is 13.2. The second-order valence-corrected chi connectivity index (χ2v) is 11.6. The number of thioether (sulfide) groups is 1. The van der Waals surface area contributed by atoms with Gasteiger partial charge in [0, 0.05) is 18.2 Å². The van der Waals surface area contributed by atoms with Crippen molar-refractivity contribution in [2.75, 3.05) is 5.32 Å². The molecule has 2 heterocycles. The van der Waals surface area contributed by atoms with Crippen LogP contribution in [0.3, 0.4) is 0 Å². The number of hydrogen-bond acceptors (Lipinski definition) is 6. The number of nitrogens with one attached hydrogen (secondary N) is 1. The number of amides is 2. The van der Waals surface area contributed by atoms with Crippen LogP contribution in [0.2, 0.25) is 0 Å². The van der Waals surface area contributed by atoms with E-state index in [1.54, 1.807) is 11.4 Å². The quantitative estimate of drug-likeness (QED) is 0.647. The first-order chi connectivity index (χ1) is 15.3. The van der Waals surface area contributed by atoms with Crippen LogP contribution >= 0.6 is 23.1 Å². The molecule has 2 fully saturated rings. The number of halogens is 1. The van der Waals surface area contributed by atoms with Crippen LogP contribution in [0.5, 0.6) is 0 Å². The lowest BCUT2D eigenvalue weighted by molar-refractivity contribution is -0.130. The van der Waals surface area contributed by atoms with Crippen molar-refractivity contribution in [2.24, 2.45) is 4.40 Å². The molecule has 0 spiro atoms. The Hall–Kier alpha value is -2.24. The van der Waals surface area contributed by atoms with Gasteiger partial charge in [-0.15, -0.1) is 15.7 Å². The fourth-order valence-corrected chi connectivity index (χ4v) is 7.20. The maximum absolute atomic E-state index is 13.2. The molecule has 4 rings (SSSR count). The Kier molecular flexibility index (Phi) is 6.96. The molecule has 0 bridgehead atoms. The lowest BCUT2D eigenvalue weighted by Gasteiger charge is -2.30. The summed E-state index contributed by atoms with van der Waals surface area (Å²) >= 11 is 2.08. The number of thiophene rings is 1. The van der Waals surface area contributed by atoms with Crippen molar-refractivity contribution in [3.63, 3.8) is 0 Å². The van der Waals surface area contributed by atoms with E-state index in [9.17, 15) is 22.4 Å². The van der Waals surface area contributed by atoms with Gasteiger partial charge in [0.25, 0.3) is 10.0 Å². The van der Waals surface area contributed by atoms with Gasteiger partial charge in [-0.1, -0.05) is 37.1 Å². The zero-order valence-electron chi connectivity index (χ0n) is 17.1. The summed E-state index contributed by atoms with van der Waals surface area (Å²) in [7, 11) is -3.94. The Morgan fingerprint density at radius 3 is 2.53 bits per heavy atom. The molecule has 1 aliphatic heterocycles. The summed E-state index contributed by atoms with van der Waals surface area (Å²) in [6.07, 6.45) is 4.41. The van der Waals surface area contributed by atoms with Crippen molar-refractivity contribution in [1.29, 1.82) is 0 Å². The Balaban J connectivity index is 1.55. The van der Waals surface area contributed by atoms with E-state index in [1.165, 1.54) is 35.2 Å². The van der Waals surface area contributed by atoms with E-state index in [0.29, 0.717) is 5.69 Å². The van der Waals surface area contributed by atoms with Crippen molar-refractivity contribution in [1.82, 2.24) is 4.90 Å². The molecule has 7 nitrogen and oxygen atoms in total. The maximum Gasteiger partial charge on any atom is 0.294 e. The van der Waals surface area contributed by atoms with Crippen LogP contribution in [-0.4, -0.2) is 41.6 Å². The Bertz CT molecular complexity index is 1110. The summed E-state index contributed by atoms with van der Waals surface area (Å²) in [5.41, 5.74) is 0.421. The van der Waals surface area contributed by atoms with Crippen LogP contribution in [0.1, 0.15) is 38.5 Å².